The van der Waals surface area contributed by atoms with E-state index < -0.39 is 0 Å². The molecular formula is C21H24N2O3S. The summed E-state index contributed by atoms with van der Waals surface area (Å²) in [5.41, 5.74) is 3.09. The van der Waals surface area contributed by atoms with Crippen LogP contribution in [-0.2, 0) is 9.59 Å². The van der Waals surface area contributed by atoms with Crippen LogP contribution in [0.25, 0.3) is 0 Å². The Bertz CT molecular complexity index is 821. The summed E-state index contributed by atoms with van der Waals surface area (Å²) in [5, 5.41) is 5.66. The third-order valence-corrected chi connectivity index (χ3v) is 4.82. The van der Waals surface area contributed by atoms with Crippen LogP contribution in [0.3, 0.4) is 0 Å². The first kappa shape index (κ1) is 20.7. The molecule has 27 heavy (non-hydrogen) atoms. The monoisotopic (exact) mass is 384 g/mol. The maximum atomic E-state index is 12.0. The Kier molecular flexibility index (Phi) is 8.07. The highest BCUT2D eigenvalue weighted by molar-refractivity contribution is 7.99. The number of hydrogen-bond donors (Lipinski definition) is 2. The molecule has 2 amide bonds. The molecule has 142 valence electrons. The summed E-state index contributed by atoms with van der Waals surface area (Å²) in [6.07, 6.45) is 1.12. The maximum Gasteiger partial charge on any atom is 0.234 e. The predicted molar refractivity (Wildman–Crippen MR) is 111 cm³/mol. The van der Waals surface area contributed by atoms with Crippen LogP contribution in [0.2, 0.25) is 0 Å². The lowest BCUT2D eigenvalue weighted by Crippen LogP contribution is -2.15. The molecule has 2 N–H and O–H groups in total. The van der Waals surface area contributed by atoms with Gasteiger partial charge in [0, 0.05) is 23.4 Å². The number of thioether (sulfide) groups is 1. The van der Waals surface area contributed by atoms with Gasteiger partial charge in [0.05, 0.1) is 5.75 Å². The molecule has 0 radical (unpaired) electrons. The van der Waals surface area contributed by atoms with Gasteiger partial charge in [0.1, 0.15) is 0 Å². The van der Waals surface area contributed by atoms with E-state index >= 15 is 0 Å². The SMILES string of the molecule is CC(=O)c1cccc(NC(=O)CSCCCC(=O)Nc2cccc(C)c2)c1. The van der Waals surface area contributed by atoms with Crippen LogP contribution < -0.4 is 10.6 Å². The van der Waals surface area contributed by atoms with E-state index in [9.17, 15) is 14.4 Å². The number of nitrogens with one attached hydrogen (secondary N) is 2. The number of Topliss-reactive ketones (excluding diaryl/α,β-unsaturated/α-hetero) is 1. The van der Waals surface area contributed by atoms with E-state index in [2.05, 4.69) is 10.6 Å². The second-order valence-corrected chi connectivity index (χ2v) is 7.36. The average molecular weight is 385 g/mol. The van der Waals surface area contributed by atoms with Crippen LogP contribution in [0.4, 0.5) is 11.4 Å². The summed E-state index contributed by atoms with van der Waals surface area (Å²) >= 11 is 1.48. The number of aryl methyl sites for hydroxylation is 1. The number of hydrogen-bond acceptors (Lipinski definition) is 4. The number of carbonyl (C=O) groups is 3. The Hall–Kier alpha value is -2.60. The van der Waals surface area contributed by atoms with Crippen molar-refractivity contribution in [2.24, 2.45) is 0 Å². The molecular weight excluding hydrogens is 360 g/mol. The molecule has 2 aromatic carbocycles. The van der Waals surface area contributed by atoms with Gasteiger partial charge in [0.15, 0.2) is 5.78 Å². The molecule has 0 aliphatic rings. The predicted octanol–water partition coefficient (Wildman–Crippen LogP) is 4.29. The summed E-state index contributed by atoms with van der Waals surface area (Å²) in [5.74, 6) is 0.854. The van der Waals surface area contributed by atoms with Gasteiger partial charge in [0.2, 0.25) is 11.8 Å². The van der Waals surface area contributed by atoms with E-state index in [4.69, 9.17) is 0 Å². The van der Waals surface area contributed by atoms with Crippen LogP contribution in [0.5, 0.6) is 0 Å². The van der Waals surface area contributed by atoms with Gasteiger partial charge in [0.25, 0.3) is 0 Å². The van der Waals surface area contributed by atoms with Gasteiger partial charge in [-0.3, -0.25) is 14.4 Å². The maximum absolute atomic E-state index is 12.0. The number of benzene rings is 2. The number of rotatable bonds is 9. The molecule has 0 aliphatic carbocycles. The molecule has 0 bridgehead atoms. The summed E-state index contributed by atoms with van der Waals surface area (Å²) < 4.78 is 0. The van der Waals surface area contributed by atoms with E-state index in [-0.39, 0.29) is 17.6 Å². The first-order valence-corrected chi connectivity index (χ1v) is 9.94. The average Bonchev–Trinajstić information content (AvgIpc) is 2.61. The third kappa shape index (κ3) is 7.66. The zero-order chi connectivity index (χ0) is 19.6. The second kappa shape index (κ2) is 10.5. The van der Waals surface area contributed by atoms with Crippen LogP contribution >= 0.6 is 11.8 Å². The molecule has 0 atom stereocenters. The van der Waals surface area contributed by atoms with Gasteiger partial charge in [-0.2, -0.15) is 11.8 Å². The Morgan fingerprint density at radius 3 is 2.30 bits per heavy atom. The second-order valence-electron chi connectivity index (χ2n) is 6.26. The number of carbonyl (C=O) groups excluding carboxylic acids is 3. The van der Waals surface area contributed by atoms with Crippen molar-refractivity contribution < 1.29 is 14.4 Å². The largest absolute Gasteiger partial charge is 0.326 e. The first-order chi connectivity index (χ1) is 12.9. The van der Waals surface area contributed by atoms with Gasteiger partial charge in [-0.1, -0.05) is 24.3 Å². The van der Waals surface area contributed by atoms with Gasteiger partial charge >= 0.3 is 0 Å². The topological polar surface area (TPSA) is 75.3 Å². The standard InChI is InChI=1S/C21H24N2O3S/c1-15-6-3-8-18(12-15)22-20(25)10-5-11-27-14-21(26)23-19-9-4-7-17(13-19)16(2)24/h3-4,6-9,12-13H,5,10-11,14H2,1-2H3,(H,22,25)(H,23,26). The minimum absolute atomic E-state index is 0.0216. The van der Waals surface area contributed by atoms with Gasteiger partial charge in [-0.25, -0.2) is 0 Å². The zero-order valence-electron chi connectivity index (χ0n) is 15.6. The minimum atomic E-state index is -0.120. The van der Waals surface area contributed by atoms with E-state index in [0.717, 1.165) is 17.0 Å². The van der Waals surface area contributed by atoms with Crippen LogP contribution in [-0.4, -0.2) is 29.1 Å². The molecule has 0 aliphatic heterocycles. The van der Waals surface area contributed by atoms with E-state index in [0.29, 0.717) is 29.8 Å². The van der Waals surface area contributed by atoms with Crippen molar-refractivity contribution in [2.75, 3.05) is 22.1 Å². The molecule has 0 unspecified atom stereocenters. The zero-order valence-corrected chi connectivity index (χ0v) is 16.4. The molecule has 0 fully saturated rings. The Morgan fingerprint density at radius 1 is 0.926 bits per heavy atom. The summed E-state index contributed by atoms with van der Waals surface area (Å²) in [7, 11) is 0. The van der Waals surface area contributed by atoms with Crippen molar-refractivity contribution in [3.8, 4) is 0 Å². The quantitative estimate of drug-likeness (QED) is 0.500. The fourth-order valence-corrected chi connectivity index (χ4v) is 3.21. The molecule has 0 saturated heterocycles. The molecule has 2 aromatic rings. The van der Waals surface area contributed by atoms with Gasteiger partial charge in [-0.05, 0) is 55.9 Å². The molecule has 5 nitrogen and oxygen atoms in total. The highest BCUT2D eigenvalue weighted by Crippen LogP contribution is 2.13. The van der Waals surface area contributed by atoms with Crippen molar-refractivity contribution in [3.63, 3.8) is 0 Å². The van der Waals surface area contributed by atoms with Crippen molar-refractivity contribution in [3.05, 3.63) is 59.7 Å². The molecule has 2 rings (SSSR count). The van der Waals surface area contributed by atoms with Crippen molar-refractivity contribution in [1.29, 1.82) is 0 Å². The van der Waals surface area contributed by atoms with Crippen molar-refractivity contribution in [2.45, 2.75) is 26.7 Å². The summed E-state index contributed by atoms with van der Waals surface area (Å²) in [4.78, 5) is 35.3. The van der Waals surface area contributed by atoms with Crippen LogP contribution in [0.15, 0.2) is 48.5 Å². The van der Waals surface area contributed by atoms with Crippen molar-refractivity contribution in [1.82, 2.24) is 0 Å². The molecule has 6 heteroatoms. The smallest absolute Gasteiger partial charge is 0.234 e. The summed E-state index contributed by atoms with van der Waals surface area (Å²) in [6.45, 7) is 3.47. The Balaban J connectivity index is 1.63. The Morgan fingerprint density at radius 2 is 1.59 bits per heavy atom. The first-order valence-electron chi connectivity index (χ1n) is 8.79. The third-order valence-electron chi connectivity index (χ3n) is 3.78. The van der Waals surface area contributed by atoms with E-state index in [1.807, 2.05) is 31.2 Å². The van der Waals surface area contributed by atoms with Gasteiger partial charge < -0.3 is 10.6 Å². The Labute approximate surface area is 163 Å². The van der Waals surface area contributed by atoms with E-state index in [1.54, 1.807) is 24.3 Å². The van der Waals surface area contributed by atoms with Crippen LogP contribution in [0.1, 0.15) is 35.7 Å². The minimum Gasteiger partial charge on any atom is -0.326 e. The lowest BCUT2D eigenvalue weighted by Gasteiger charge is -2.07. The van der Waals surface area contributed by atoms with Crippen LogP contribution in [0, 0.1) is 6.92 Å². The lowest BCUT2D eigenvalue weighted by molar-refractivity contribution is -0.116. The fraction of sp³-hybridized carbons (Fsp3) is 0.286. The summed E-state index contributed by atoms with van der Waals surface area (Å²) in [6, 6.07) is 14.6. The number of amides is 2. The molecule has 0 saturated carbocycles. The fourth-order valence-electron chi connectivity index (χ4n) is 2.46. The molecule has 0 spiro atoms. The van der Waals surface area contributed by atoms with Gasteiger partial charge in [-0.15, -0.1) is 0 Å². The number of anilines is 2. The van der Waals surface area contributed by atoms with Crippen molar-refractivity contribution >= 4 is 40.7 Å². The highest BCUT2D eigenvalue weighted by Gasteiger charge is 2.06. The molecule has 0 aromatic heterocycles. The molecule has 0 heterocycles. The lowest BCUT2D eigenvalue weighted by atomic mass is 10.1. The van der Waals surface area contributed by atoms with E-state index in [1.165, 1.54) is 18.7 Å². The number of ketones is 1. The highest BCUT2D eigenvalue weighted by atomic mass is 32.2. The normalized spacial score (nSPS) is 10.3.